The number of hydrogen-bond donors (Lipinski definition) is 3. The molecule has 3 aromatic rings. The molecule has 36 heavy (non-hydrogen) atoms. The molecule has 0 radical (unpaired) electrons. The summed E-state index contributed by atoms with van der Waals surface area (Å²) in [6.45, 7) is 0.304. The number of ether oxygens (including phenoxy) is 1. The molecular formula is C28H27ClF2N2O3. The van der Waals surface area contributed by atoms with Crippen molar-refractivity contribution >= 4 is 28.9 Å². The molecule has 0 spiro atoms. The van der Waals surface area contributed by atoms with Crippen LogP contribution in [0, 0.1) is 23.5 Å². The van der Waals surface area contributed by atoms with Gasteiger partial charge in [0.15, 0.2) is 11.6 Å². The van der Waals surface area contributed by atoms with E-state index < -0.39 is 23.3 Å². The number of aromatic carboxylic acids is 1. The Bertz CT molecular complexity index is 1210. The van der Waals surface area contributed by atoms with Crippen molar-refractivity contribution in [2.24, 2.45) is 11.8 Å². The second kappa shape index (κ2) is 9.97. The van der Waals surface area contributed by atoms with Gasteiger partial charge in [0.25, 0.3) is 0 Å². The van der Waals surface area contributed by atoms with Gasteiger partial charge in [-0.15, -0.1) is 0 Å². The minimum atomic E-state index is -1.00. The first-order valence-corrected chi connectivity index (χ1v) is 12.5. The zero-order valence-corrected chi connectivity index (χ0v) is 20.3. The van der Waals surface area contributed by atoms with Crippen molar-refractivity contribution < 1.29 is 23.4 Å². The predicted molar refractivity (Wildman–Crippen MR) is 136 cm³/mol. The van der Waals surface area contributed by atoms with E-state index in [9.17, 15) is 18.7 Å². The van der Waals surface area contributed by atoms with Crippen molar-refractivity contribution in [3.63, 3.8) is 0 Å². The first kappa shape index (κ1) is 24.4. The summed E-state index contributed by atoms with van der Waals surface area (Å²) in [5.74, 6) is -2.13. The highest BCUT2D eigenvalue weighted by Crippen LogP contribution is 2.49. The van der Waals surface area contributed by atoms with E-state index in [1.54, 1.807) is 24.3 Å². The van der Waals surface area contributed by atoms with E-state index in [0.29, 0.717) is 28.8 Å². The van der Waals surface area contributed by atoms with Gasteiger partial charge in [-0.25, -0.2) is 13.6 Å². The molecule has 1 aliphatic heterocycles. The van der Waals surface area contributed by atoms with Crippen LogP contribution in [-0.4, -0.2) is 17.7 Å². The van der Waals surface area contributed by atoms with Crippen LogP contribution >= 0.6 is 11.6 Å². The van der Waals surface area contributed by atoms with Crippen molar-refractivity contribution in [2.45, 2.75) is 37.8 Å². The summed E-state index contributed by atoms with van der Waals surface area (Å²) in [6.07, 6.45) is 5.38. The number of anilines is 2. The smallest absolute Gasteiger partial charge is 0.335 e. The molecule has 5 rings (SSSR count). The minimum absolute atomic E-state index is 0.128. The second-order valence-corrected chi connectivity index (χ2v) is 9.96. The molecule has 8 heteroatoms. The lowest BCUT2D eigenvalue weighted by Gasteiger charge is -2.44. The average Bonchev–Trinajstić information content (AvgIpc) is 3.24. The molecule has 188 valence electrons. The summed E-state index contributed by atoms with van der Waals surface area (Å²) in [7, 11) is 0. The van der Waals surface area contributed by atoms with Crippen LogP contribution in [0.4, 0.5) is 20.2 Å². The van der Waals surface area contributed by atoms with Crippen molar-refractivity contribution in [2.75, 3.05) is 17.2 Å². The fourth-order valence-electron chi connectivity index (χ4n) is 5.50. The third kappa shape index (κ3) is 4.72. The fourth-order valence-corrected chi connectivity index (χ4v) is 5.62. The van der Waals surface area contributed by atoms with Gasteiger partial charge in [-0.3, -0.25) is 0 Å². The van der Waals surface area contributed by atoms with Crippen LogP contribution in [0.5, 0.6) is 5.75 Å². The number of carbonyl (C=O) groups is 1. The summed E-state index contributed by atoms with van der Waals surface area (Å²) in [6, 6.07) is 16.1. The van der Waals surface area contributed by atoms with Gasteiger partial charge in [0.1, 0.15) is 11.4 Å². The van der Waals surface area contributed by atoms with Gasteiger partial charge in [0, 0.05) is 23.1 Å². The normalized spacial score (nSPS) is 17.5. The van der Waals surface area contributed by atoms with Crippen LogP contribution in [0.2, 0.25) is 5.02 Å². The Labute approximate surface area is 213 Å². The second-order valence-electron chi connectivity index (χ2n) is 9.52. The third-order valence-corrected chi connectivity index (χ3v) is 7.58. The van der Waals surface area contributed by atoms with Gasteiger partial charge >= 0.3 is 5.97 Å². The Morgan fingerprint density at radius 3 is 2.11 bits per heavy atom. The Hall–Kier alpha value is -3.32. The van der Waals surface area contributed by atoms with E-state index in [-0.39, 0.29) is 17.4 Å². The quantitative estimate of drug-likeness (QED) is 0.310. The van der Waals surface area contributed by atoms with Gasteiger partial charge < -0.3 is 20.5 Å². The molecule has 1 aliphatic carbocycles. The number of hydrogen-bond acceptors (Lipinski definition) is 4. The Morgan fingerprint density at radius 2 is 1.56 bits per heavy atom. The van der Waals surface area contributed by atoms with E-state index in [0.717, 1.165) is 31.2 Å². The molecule has 0 amide bonds. The predicted octanol–water partition coefficient (Wildman–Crippen LogP) is 7.28. The molecule has 1 atom stereocenters. The van der Waals surface area contributed by atoms with Crippen LogP contribution in [0.3, 0.4) is 0 Å². The van der Waals surface area contributed by atoms with Gasteiger partial charge in [-0.05, 0) is 60.7 Å². The van der Waals surface area contributed by atoms with E-state index in [1.165, 1.54) is 30.7 Å². The zero-order valence-electron chi connectivity index (χ0n) is 19.6. The van der Waals surface area contributed by atoms with E-state index in [4.69, 9.17) is 16.3 Å². The number of halogens is 3. The Kier molecular flexibility index (Phi) is 6.75. The van der Waals surface area contributed by atoms with Gasteiger partial charge in [-0.1, -0.05) is 43.0 Å². The first-order valence-electron chi connectivity index (χ1n) is 12.1. The number of benzene rings is 3. The number of rotatable bonds is 7. The average molecular weight is 513 g/mol. The number of carboxylic acid groups (broad SMARTS) is 1. The van der Waals surface area contributed by atoms with Crippen molar-refractivity contribution in [1.29, 1.82) is 0 Å². The van der Waals surface area contributed by atoms with E-state index >= 15 is 0 Å². The molecule has 5 nitrogen and oxygen atoms in total. The zero-order chi connectivity index (χ0) is 25.3. The summed E-state index contributed by atoms with van der Waals surface area (Å²) in [5.41, 5.74) is 1.13. The molecular weight excluding hydrogens is 486 g/mol. The van der Waals surface area contributed by atoms with Crippen LogP contribution in [0.1, 0.15) is 48.0 Å². The Balaban J connectivity index is 1.54. The molecule has 0 bridgehead atoms. The molecule has 0 saturated heterocycles. The molecule has 0 aromatic heterocycles. The Morgan fingerprint density at radius 1 is 0.972 bits per heavy atom. The molecule has 2 aliphatic rings. The molecule has 1 heterocycles. The highest BCUT2D eigenvalue weighted by atomic mass is 35.5. The summed E-state index contributed by atoms with van der Waals surface area (Å²) in [4.78, 5) is 11.2. The third-order valence-electron chi connectivity index (χ3n) is 7.33. The maximum Gasteiger partial charge on any atom is 0.335 e. The highest BCUT2D eigenvalue weighted by molar-refractivity contribution is 6.30. The fraction of sp³-hybridized carbons (Fsp3) is 0.321. The topological polar surface area (TPSA) is 70.6 Å². The van der Waals surface area contributed by atoms with Crippen LogP contribution in [-0.2, 0) is 5.66 Å². The standard InChI is InChI=1S/C28H27ClF2N2O3/c29-20-10-8-19(9-11-20)28(32-25-14-23(30)24(31)15-26(25)33-28)22(17-4-2-1-3-5-17)16-36-21-12-6-18(7-13-21)27(34)35/h6-15,17,22,32-33H,1-5,16H2,(H,34,35). The monoisotopic (exact) mass is 512 g/mol. The molecule has 1 fully saturated rings. The van der Waals surface area contributed by atoms with Gasteiger partial charge in [-0.2, -0.15) is 0 Å². The van der Waals surface area contributed by atoms with E-state index in [1.807, 2.05) is 12.1 Å². The molecule has 3 aromatic carbocycles. The molecule has 1 saturated carbocycles. The van der Waals surface area contributed by atoms with Gasteiger partial charge in [0.05, 0.1) is 23.5 Å². The summed E-state index contributed by atoms with van der Waals surface area (Å²) < 4.78 is 34.6. The minimum Gasteiger partial charge on any atom is -0.493 e. The van der Waals surface area contributed by atoms with Crippen molar-refractivity contribution in [3.05, 3.63) is 88.4 Å². The summed E-state index contributed by atoms with van der Waals surface area (Å²) >= 11 is 6.19. The lowest BCUT2D eigenvalue weighted by molar-refractivity contribution is 0.0696. The van der Waals surface area contributed by atoms with Crippen molar-refractivity contribution in [1.82, 2.24) is 0 Å². The summed E-state index contributed by atoms with van der Waals surface area (Å²) in [5, 5.41) is 16.8. The van der Waals surface area contributed by atoms with E-state index in [2.05, 4.69) is 10.6 Å². The van der Waals surface area contributed by atoms with Crippen LogP contribution in [0.15, 0.2) is 60.7 Å². The number of fused-ring (bicyclic) bond motifs is 1. The highest BCUT2D eigenvalue weighted by Gasteiger charge is 2.49. The number of carboxylic acids is 1. The SMILES string of the molecule is O=C(O)c1ccc(OCC(C2CCCCC2)C2(c3ccc(Cl)cc3)Nc3cc(F)c(F)cc3N2)cc1. The molecule has 1 unspecified atom stereocenters. The lowest BCUT2D eigenvalue weighted by atomic mass is 9.72. The maximum absolute atomic E-state index is 14.2. The number of nitrogens with one attached hydrogen (secondary N) is 2. The van der Waals surface area contributed by atoms with Gasteiger partial charge in [0.2, 0.25) is 0 Å². The molecule has 3 N–H and O–H groups in total. The first-order chi connectivity index (χ1) is 17.4. The largest absolute Gasteiger partial charge is 0.493 e. The van der Waals surface area contributed by atoms with Crippen LogP contribution in [0.25, 0.3) is 0 Å². The van der Waals surface area contributed by atoms with Crippen molar-refractivity contribution in [3.8, 4) is 5.75 Å². The maximum atomic E-state index is 14.2. The lowest BCUT2D eigenvalue weighted by Crippen LogP contribution is -2.51. The van der Waals surface area contributed by atoms with Crippen LogP contribution < -0.4 is 15.4 Å².